The van der Waals surface area contributed by atoms with Gasteiger partial charge in [0.15, 0.2) is 0 Å². The quantitative estimate of drug-likeness (QED) is 0.839. The molecule has 1 saturated carbocycles. The first-order chi connectivity index (χ1) is 11.8. The first-order valence-corrected chi connectivity index (χ1v) is 9.69. The van der Waals surface area contributed by atoms with Gasteiger partial charge < -0.3 is 10.2 Å². The van der Waals surface area contributed by atoms with Gasteiger partial charge in [-0.2, -0.15) is 4.98 Å². The van der Waals surface area contributed by atoms with Crippen LogP contribution >= 0.6 is 15.9 Å². The Balaban J connectivity index is 1.48. The lowest BCUT2D eigenvalue weighted by atomic mass is 9.96. The minimum atomic E-state index is 0.536. The van der Waals surface area contributed by atoms with Crippen LogP contribution < -0.4 is 10.2 Å². The van der Waals surface area contributed by atoms with Crippen LogP contribution in [0.1, 0.15) is 43.2 Å². The van der Waals surface area contributed by atoms with E-state index < -0.39 is 0 Å². The number of nitrogens with zero attached hydrogens (tertiary/aromatic N) is 3. The van der Waals surface area contributed by atoms with Crippen molar-refractivity contribution in [3.63, 3.8) is 0 Å². The molecule has 0 radical (unpaired) electrons. The van der Waals surface area contributed by atoms with E-state index in [0.717, 1.165) is 35.7 Å². The summed E-state index contributed by atoms with van der Waals surface area (Å²) in [4.78, 5) is 11.6. The molecule has 1 aliphatic heterocycles. The molecule has 0 atom stereocenters. The summed E-state index contributed by atoms with van der Waals surface area (Å²) in [6.45, 7) is 1.92. The average molecular weight is 387 g/mol. The van der Waals surface area contributed by atoms with Crippen LogP contribution in [0.3, 0.4) is 0 Å². The number of benzene rings is 1. The molecule has 4 rings (SSSR count). The highest BCUT2D eigenvalue weighted by Gasteiger charge is 2.19. The Labute approximate surface area is 151 Å². The molecule has 1 fully saturated rings. The Kier molecular flexibility index (Phi) is 4.69. The van der Waals surface area contributed by atoms with Crippen molar-refractivity contribution in [3.8, 4) is 0 Å². The molecule has 2 heterocycles. The second-order valence-electron chi connectivity index (χ2n) is 6.80. The third-order valence-electron chi connectivity index (χ3n) is 5.08. The van der Waals surface area contributed by atoms with Gasteiger partial charge in [0.1, 0.15) is 5.82 Å². The molecule has 0 spiro atoms. The minimum Gasteiger partial charge on any atom is -0.352 e. The van der Waals surface area contributed by atoms with Crippen LogP contribution in [-0.2, 0) is 13.0 Å². The van der Waals surface area contributed by atoms with Gasteiger partial charge in [-0.05, 0) is 48.6 Å². The molecule has 2 aliphatic rings. The van der Waals surface area contributed by atoms with E-state index in [2.05, 4.69) is 49.3 Å². The number of fused-ring (bicyclic) bond motifs is 1. The molecule has 4 nitrogen and oxygen atoms in total. The lowest BCUT2D eigenvalue weighted by molar-refractivity contribution is 0.461. The zero-order chi connectivity index (χ0) is 16.4. The molecule has 2 aromatic rings. The van der Waals surface area contributed by atoms with Gasteiger partial charge in [0, 0.05) is 29.8 Å². The SMILES string of the molecule is Brc1ccc2c(c1)CCN(c1ccnc(NC3CCCCC3)n1)C2. The molecule has 1 N–H and O–H groups in total. The van der Waals surface area contributed by atoms with Crippen molar-refractivity contribution in [1.82, 2.24) is 9.97 Å². The maximum atomic E-state index is 4.78. The van der Waals surface area contributed by atoms with Gasteiger partial charge in [-0.1, -0.05) is 41.3 Å². The van der Waals surface area contributed by atoms with Gasteiger partial charge in [0.2, 0.25) is 5.95 Å². The summed E-state index contributed by atoms with van der Waals surface area (Å²) < 4.78 is 1.16. The van der Waals surface area contributed by atoms with Gasteiger partial charge in [-0.25, -0.2) is 4.98 Å². The fourth-order valence-corrected chi connectivity index (χ4v) is 4.15. The van der Waals surface area contributed by atoms with E-state index in [0.29, 0.717) is 6.04 Å². The Morgan fingerprint density at radius 2 is 1.96 bits per heavy atom. The van der Waals surface area contributed by atoms with E-state index >= 15 is 0 Å². The normalized spacial score (nSPS) is 18.3. The number of nitrogens with one attached hydrogen (secondary N) is 1. The summed E-state index contributed by atoms with van der Waals surface area (Å²) in [5, 5.41) is 3.53. The van der Waals surface area contributed by atoms with Crippen molar-refractivity contribution in [3.05, 3.63) is 46.1 Å². The fourth-order valence-electron chi connectivity index (χ4n) is 3.74. The van der Waals surface area contributed by atoms with Gasteiger partial charge in [0.05, 0.1) is 0 Å². The van der Waals surface area contributed by atoms with Crippen molar-refractivity contribution in [2.75, 3.05) is 16.8 Å². The number of aromatic nitrogens is 2. The van der Waals surface area contributed by atoms with E-state index in [4.69, 9.17) is 4.98 Å². The number of halogens is 1. The number of anilines is 2. The van der Waals surface area contributed by atoms with Crippen molar-refractivity contribution in [2.24, 2.45) is 0 Å². The summed E-state index contributed by atoms with van der Waals surface area (Å²) in [5.41, 5.74) is 2.83. The van der Waals surface area contributed by atoms with Gasteiger partial charge in [0.25, 0.3) is 0 Å². The number of hydrogen-bond donors (Lipinski definition) is 1. The van der Waals surface area contributed by atoms with Crippen molar-refractivity contribution >= 4 is 27.7 Å². The molecule has 1 aromatic heterocycles. The molecular weight excluding hydrogens is 364 g/mol. The molecule has 1 aromatic carbocycles. The minimum absolute atomic E-state index is 0.536. The molecule has 24 heavy (non-hydrogen) atoms. The average Bonchev–Trinajstić information content (AvgIpc) is 2.62. The summed E-state index contributed by atoms with van der Waals surface area (Å²) >= 11 is 3.56. The number of rotatable bonds is 3. The van der Waals surface area contributed by atoms with Crippen LogP contribution in [0, 0.1) is 0 Å². The third kappa shape index (κ3) is 3.56. The van der Waals surface area contributed by atoms with E-state index in [1.165, 1.54) is 43.2 Å². The summed E-state index contributed by atoms with van der Waals surface area (Å²) in [6, 6.07) is 9.14. The first-order valence-electron chi connectivity index (χ1n) is 8.90. The molecule has 0 saturated heterocycles. The van der Waals surface area contributed by atoms with Gasteiger partial charge in [-0.15, -0.1) is 0 Å². The molecule has 0 bridgehead atoms. The third-order valence-corrected chi connectivity index (χ3v) is 5.58. The van der Waals surface area contributed by atoms with E-state index in [9.17, 15) is 0 Å². The fraction of sp³-hybridized carbons (Fsp3) is 0.474. The predicted octanol–water partition coefficient (Wildman–Crippen LogP) is 4.55. The van der Waals surface area contributed by atoms with E-state index in [-0.39, 0.29) is 0 Å². The van der Waals surface area contributed by atoms with Crippen LogP contribution in [0.25, 0.3) is 0 Å². The highest BCUT2D eigenvalue weighted by molar-refractivity contribution is 9.10. The number of hydrogen-bond acceptors (Lipinski definition) is 4. The smallest absolute Gasteiger partial charge is 0.224 e. The summed E-state index contributed by atoms with van der Waals surface area (Å²) in [5.74, 6) is 1.80. The molecule has 1 aliphatic carbocycles. The maximum Gasteiger partial charge on any atom is 0.224 e. The van der Waals surface area contributed by atoms with Gasteiger partial charge in [-0.3, -0.25) is 0 Å². The van der Waals surface area contributed by atoms with Crippen LogP contribution in [-0.4, -0.2) is 22.6 Å². The standard InChI is InChI=1S/C19H23BrN4/c20-16-7-6-15-13-24(11-9-14(15)12-16)18-8-10-21-19(23-18)22-17-4-2-1-3-5-17/h6-8,10,12,17H,1-5,9,11,13H2,(H,21,22,23). The largest absolute Gasteiger partial charge is 0.352 e. The van der Waals surface area contributed by atoms with Crippen LogP contribution in [0.15, 0.2) is 34.9 Å². The highest BCUT2D eigenvalue weighted by Crippen LogP contribution is 2.26. The first kappa shape index (κ1) is 15.9. The molecule has 0 amide bonds. The van der Waals surface area contributed by atoms with E-state index in [1.807, 2.05) is 12.3 Å². The highest BCUT2D eigenvalue weighted by atomic mass is 79.9. The van der Waals surface area contributed by atoms with Crippen LogP contribution in [0.5, 0.6) is 0 Å². The molecule has 126 valence electrons. The molecular formula is C19H23BrN4. The Hall–Kier alpha value is -1.62. The molecule has 0 unspecified atom stereocenters. The van der Waals surface area contributed by atoms with Crippen molar-refractivity contribution < 1.29 is 0 Å². The zero-order valence-electron chi connectivity index (χ0n) is 13.8. The predicted molar refractivity (Wildman–Crippen MR) is 101 cm³/mol. The summed E-state index contributed by atoms with van der Waals surface area (Å²) in [7, 11) is 0. The van der Waals surface area contributed by atoms with E-state index in [1.54, 1.807) is 0 Å². The Morgan fingerprint density at radius 1 is 1.08 bits per heavy atom. The monoisotopic (exact) mass is 386 g/mol. The van der Waals surface area contributed by atoms with Crippen LogP contribution in [0.4, 0.5) is 11.8 Å². The topological polar surface area (TPSA) is 41.1 Å². The van der Waals surface area contributed by atoms with Crippen molar-refractivity contribution in [1.29, 1.82) is 0 Å². The second kappa shape index (κ2) is 7.09. The van der Waals surface area contributed by atoms with Crippen LogP contribution in [0.2, 0.25) is 0 Å². The van der Waals surface area contributed by atoms with Crippen molar-refractivity contribution in [2.45, 2.75) is 51.1 Å². The Bertz CT molecular complexity index is 712. The molecule has 5 heteroatoms. The van der Waals surface area contributed by atoms with Gasteiger partial charge >= 0.3 is 0 Å². The lowest BCUT2D eigenvalue weighted by Gasteiger charge is -2.30. The second-order valence-corrected chi connectivity index (χ2v) is 7.72. The lowest BCUT2D eigenvalue weighted by Crippen LogP contribution is -2.31. The summed E-state index contributed by atoms with van der Waals surface area (Å²) in [6.07, 6.45) is 9.40. The Morgan fingerprint density at radius 3 is 2.83 bits per heavy atom. The maximum absolute atomic E-state index is 4.78. The zero-order valence-corrected chi connectivity index (χ0v) is 15.4.